The first kappa shape index (κ1) is 19.0. The fraction of sp³-hybridized carbons (Fsp3) is 0.300. The Morgan fingerprint density at radius 3 is 2.81 bits per heavy atom. The van der Waals surface area contributed by atoms with Crippen LogP contribution in [0.2, 0.25) is 0 Å². The van der Waals surface area contributed by atoms with E-state index >= 15 is 0 Å². The van der Waals surface area contributed by atoms with Gasteiger partial charge >= 0.3 is 6.03 Å². The summed E-state index contributed by atoms with van der Waals surface area (Å²) in [5, 5.41) is 15.7. The van der Waals surface area contributed by atoms with E-state index in [2.05, 4.69) is 41.3 Å². The van der Waals surface area contributed by atoms with Crippen LogP contribution in [-0.4, -0.2) is 42.5 Å². The summed E-state index contributed by atoms with van der Waals surface area (Å²) in [5.74, 6) is 0.475. The van der Waals surface area contributed by atoms with Crippen molar-refractivity contribution in [1.29, 1.82) is 0 Å². The van der Waals surface area contributed by atoms with Crippen molar-refractivity contribution in [3.63, 3.8) is 0 Å². The molecule has 31 heavy (non-hydrogen) atoms. The molecule has 1 atom stereocenters. The fourth-order valence-corrected chi connectivity index (χ4v) is 3.27. The molecule has 3 aromatic heterocycles. The summed E-state index contributed by atoms with van der Waals surface area (Å²) in [4.78, 5) is 37.0. The minimum atomic E-state index is -0.555. The van der Waals surface area contributed by atoms with Gasteiger partial charge in [-0.1, -0.05) is 0 Å². The molecule has 1 unspecified atom stereocenters. The van der Waals surface area contributed by atoms with Crippen LogP contribution in [0.5, 0.6) is 0 Å². The minimum absolute atomic E-state index is 0.124. The molecule has 1 aliphatic heterocycles. The van der Waals surface area contributed by atoms with Crippen LogP contribution in [0.1, 0.15) is 42.6 Å². The second-order valence-electron chi connectivity index (χ2n) is 7.72. The normalized spacial score (nSPS) is 18.2. The zero-order valence-corrected chi connectivity index (χ0v) is 17.0. The maximum atomic E-state index is 11.9. The molecule has 1 saturated heterocycles. The van der Waals surface area contributed by atoms with Crippen molar-refractivity contribution in [3.8, 4) is 0 Å². The van der Waals surface area contributed by atoms with Gasteiger partial charge in [-0.25, -0.2) is 4.79 Å². The van der Waals surface area contributed by atoms with Gasteiger partial charge in [0, 0.05) is 17.8 Å². The Bertz CT molecular complexity index is 1230. The number of imide groups is 1. The number of pyridine rings is 1. The molecule has 0 bridgehead atoms. The average Bonchev–Trinajstić information content (AvgIpc) is 3.37. The number of anilines is 2. The van der Waals surface area contributed by atoms with Gasteiger partial charge in [-0.05, 0) is 50.5 Å². The zero-order valence-electron chi connectivity index (χ0n) is 17.0. The molecule has 1 aliphatic carbocycles. The van der Waals surface area contributed by atoms with Gasteiger partial charge in [0.2, 0.25) is 11.9 Å². The summed E-state index contributed by atoms with van der Waals surface area (Å²) in [6.07, 6.45) is 7.05. The first-order valence-electron chi connectivity index (χ1n) is 10.0. The van der Waals surface area contributed by atoms with Crippen LogP contribution in [0.25, 0.3) is 11.7 Å². The van der Waals surface area contributed by atoms with Crippen LogP contribution in [0, 0.1) is 6.92 Å². The van der Waals surface area contributed by atoms with Crippen molar-refractivity contribution in [3.05, 3.63) is 47.0 Å². The second-order valence-corrected chi connectivity index (χ2v) is 7.72. The highest BCUT2D eigenvalue weighted by atomic mass is 16.2. The van der Waals surface area contributed by atoms with Gasteiger partial charge in [-0.2, -0.15) is 19.6 Å². The largest absolute Gasteiger partial charge is 0.351 e. The van der Waals surface area contributed by atoms with E-state index in [1.165, 1.54) is 0 Å². The van der Waals surface area contributed by atoms with Crippen molar-refractivity contribution in [2.75, 3.05) is 10.6 Å². The number of carbonyl (C=O) groups is 2. The third-order valence-corrected chi connectivity index (χ3v) is 5.05. The third kappa shape index (κ3) is 3.89. The van der Waals surface area contributed by atoms with Crippen LogP contribution in [-0.2, 0) is 4.79 Å². The molecular formula is C20H21N9O2. The molecule has 0 aromatic carbocycles. The Kier molecular flexibility index (Phi) is 4.50. The first-order valence-corrected chi connectivity index (χ1v) is 10.0. The van der Waals surface area contributed by atoms with Gasteiger partial charge in [-0.3, -0.25) is 15.1 Å². The molecule has 2 fully saturated rings. The Labute approximate surface area is 177 Å². The molecule has 0 radical (unpaired) electrons. The number of nitrogens with zero attached hydrogens (tertiary/aromatic N) is 5. The first-order chi connectivity index (χ1) is 15.0. The van der Waals surface area contributed by atoms with Gasteiger partial charge in [0.05, 0.1) is 17.9 Å². The lowest BCUT2D eigenvalue weighted by molar-refractivity contribution is -0.115. The van der Waals surface area contributed by atoms with Crippen molar-refractivity contribution in [1.82, 2.24) is 35.2 Å². The third-order valence-electron chi connectivity index (χ3n) is 5.05. The Hall–Kier alpha value is -4.02. The molecule has 3 aromatic rings. The maximum absolute atomic E-state index is 11.9. The second kappa shape index (κ2) is 7.35. The van der Waals surface area contributed by atoms with E-state index in [4.69, 9.17) is 0 Å². The number of hydrogen-bond donors (Lipinski definition) is 4. The van der Waals surface area contributed by atoms with Gasteiger partial charge in [0.1, 0.15) is 5.70 Å². The number of aromatic nitrogens is 5. The lowest BCUT2D eigenvalue weighted by Crippen LogP contribution is -2.22. The van der Waals surface area contributed by atoms with Crippen LogP contribution in [0.15, 0.2) is 30.2 Å². The van der Waals surface area contributed by atoms with Crippen molar-refractivity contribution >= 4 is 35.6 Å². The number of amides is 3. The molecule has 1 saturated carbocycles. The van der Waals surface area contributed by atoms with Crippen molar-refractivity contribution < 1.29 is 9.59 Å². The smallest absolute Gasteiger partial charge is 0.326 e. The number of nitrogens with one attached hydrogen (secondary N) is 4. The Balaban J connectivity index is 1.53. The van der Waals surface area contributed by atoms with Crippen molar-refractivity contribution in [2.45, 2.75) is 38.8 Å². The summed E-state index contributed by atoms with van der Waals surface area (Å²) in [7, 11) is 0. The Morgan fingerprint density at radius 2 is 2.10 bits per heavy atom. The van der Waals surface area contributed by atoms with E-state index in [1.54, 1.807) is 23.0 Å². The summed E-state index contributed by atoms with van der Waals surface area (Å²) in [5.41, 5.74) is 3.22. The number of aryl methyl sites for hydroxylation is 1. The molecule has 4 N–H and O–H groups in total. The molecule has 11 heteroatoms. The molecule has 158 valence electrons. The fourth-order valence-electron chi connectivity index (χ4n) is 3.27. The molecule has 3 amide bonds. The lowest BCUT2D eigenvalue weighted by Gasteiger charge is -2.15. The van der Waals surface area contributed by atoms with Gasteiger partial charge < -0.3 is 16.0 Å². The van der Waals surface area contributed by atoms with E-state index in [9.17, 15) is 9.59 Å². The van der Waals surface area contributed by atoms with E-state index in [0.29, 0.717) is 29.1 Å². The van der Waals surface area contributed by atoms with Gasteiger partial charge in [-0.15, -0.1) is 0 Å². The summed E-state index contributed by atoms with van der Waals surface area (Å²) >= 11 is 0. The number of carbonyl (C=O) groups excluding carboxylic acids is 2. The highest BCUT2D eigenvalue weighted by Gasteiger charge is 2.26. The summed E-state index contributed by atoms with van der Waals surface area (Å²) < 4.78 is 1.60. The molecule has 2 aliphatic rings. The van der Waals surface area contributed by atoms with Crippen LogP contribution < -0.4 is 21.3 Å². The topological polar surface area (TPSA) is 138 Å². The number of fused-ring (bicyclic) bond motifs is 1. The average molecular weight is 419 g/mol. The molecule has 4 heterocycles. The van der Waals surface area contributed by atoms with E-state index in [0.717, 1.165) is 24.1 Å². The van der Waals surface area contributed by atoms with Crippen LogP contribution in [0.4, 0.5) is 16.7 Å². The quantitative estimate of drug-likeness (QED) is 0.350. The molecular weight excluding hydrogens is 398 g/mol. The monoisotopic (exact) mass is 419 g/mol. The van der Waals surface area contributed by atoms with Crippen LogP contribution >= 0.6 is 0 Å². The molecule has 0 spiro atoms. The minimum Gasteiger partial charge on any atom is -0.351 e. The predicted molar refractivity (Wildman–Crippen MR) is 113 cm³/mol. The predicted octanol–water partition coefficient (Wildman–Crippen LogP) is 1.76. The van der Waals surface area contributed by atoms with E-state index in [-0.39, 0.29) is 11.7 Å². The lowest BCUT2D eigenvalue weighted by atomic mass is 10.1. The zero-order chi connectivity index (χ0) is 21.5. The number of rotatable bonds is 6. The highest BCUT2D eigenvalue weighted by molar-refractivity contribution is 6.14. The van der Waals surface area contributed by atoms with Gasteiger partial charge in [0.25, 0.3) is 5.91 Å². The number of hydrogen-bond acceptors (Lipinski definition) is 8. The summed E-state index contributed by atoms with van der Waals surface area (Å²) in [6, 6.07) is 3.63. The van der Waals surface area contributed by atoms with Gasteiger partial charge in [0.15, 0.2) is 5.65 Å². The number of urea groups is 1. The van der Waals surface area contributed by atoms with Crippen LogP contribution in [0.3, 0.4) is 0 Å². The highest BCUT2D eigenvalue weighted by Crippen LogP contribution is 2.26. The van der Waals surface area contributed by atoms with E-state index < -0.39 is 11.9 Å². The molecule has 11 nitrogen and oxygen atoms in total. The Morgan fingerprint density at radius 1 is 1.26 bits per heavy atom. The van der Waals surface area contributed by atoms with Crippen molar-refractivity contribution in [2.24, 2.45) is 0 Å². The SMILES string of the molecule is Cc1ccnc(C(C)Nc2nc(NC3CC3)n3ncc(/C=C4\NC(=O)NC4=O)c3n2)c1. The maximum Gasteiger partial charge on any atom is 0.326 e. The van der Waals surface area contributed by atoms with E-state index in [1.807, 2.05) is 26.0 Å². The standard InChI is InChI=1S/C20H21N9O2/c1-10-5-6-21-14(7-10)11(2)23-18-26-16-12(8-15-17(30)27-20(31)25-15)9-22-29(16)19(28-18)24-13-3-4-13/h5-9,11,13H,3-4H2,1-2H3,(H2,23,24,26,28)(H2,25,27,30,31)/b15-8-. The molecule has 5 rings (SSSR count). The summed E-state index contributed by atoms with van der Waals surface area (Å²) in [6.45, 7) is 4.00.